The number of carbonyl (C=O) groups is 1. The van der Waals surface area contributed by atoms with Gasteiger partial charge in [-0.25, -0.2) is 4.39 Å². The maximum Gasteiger partial charge on any atom is 0.271 e. The lowest BCUT2D eigenvalue weighted by molar-refractivity contribution is -0.384. The lowest BCUT2D eigenvalue weighted by Gasteiger charge is -2.14. The Bertz CT molecular complexity index is 1130. The molecule has 0 heterocycles. The third-order valence-corrected chi connectivity index (χ3v) is 4.05. The SMILES string of the molecule is N#Cc1cccc(NC(=O)CNc2cc([N+](=O)[O-])ccc2Nc2ccc(F)cc2)c1. The molecule has 0 aliphatic carbocycles. The molecule has 3 N–H and O–H groups in total. The van der Waals surface area contributed by atoms with Crippen molar-refractivity contribution in [3.63, 3.8) is 0 Å². The Morgan fingerprint density at radius 1 is 1.03 bits per heavy atom. The molecule has 150 valence electrons. The van der Waals surface area contributed by atoms with Gasteiger partial charge in [0.2, 0.25) is 5.91 Å². The van der Waals surface area contributed by atoms with E-state index in [4.69, 9.17) is 5.26 Å². The first-order valence-electron chi connectivity index (χ1n) is 8.79. The predicted molar refractivity (Wildman–Crippen MR) is 111 cm³/mol. The number of anilines is 4. The largest absolute Gasteiger partial charge is 0.374 e. The highest BCUT2D eigenvalue weighted by Gasteiger charge is 2.13. The van der Waals surface area contributed by atoms with Crippen molar-refractivity contribution in [2.75, 3.05) is 22.5 Å². The molecule has 1 amide bonds. The molecule has 0 spiro atoms. The molecule has 0 aliphatic heterocycles. The molecule has 30 heavy (non-hydrogen) atoms. The van der Waals surface area contributed by atoms with Crippen LogP contribution >= 0.6 is 0 Å². The maximum atomic E-state index is 13.1. The number of halogens is 1. The van der Waals surface area contributed by atoms with Crippen LogP contribution in [-0.4, -0.2) is 17.4 Å². The number of carbonyl (C=O) groups excluding carboxylic acids is 1. The first-order chi connectivity index (χ1) is 14.4. The van der Waals surface area contributed by atoms with Crippen LogP contribution in [0, 0.1) is 27.3 Å². The average molecular weight is 405 g/mol. The Hall–Kier alpha value is -4.45. The van der Waals surface area contributed by atoms with Crippen LogP contribution in [0.25, 0.3) is 0 Å². The van der Waals surface area contributed by atoms with E-state index in [1.54, 1.807) is 18.2 Å². The van der Waals surface area contributed by atoms with E-state index in [1.165, 1.54) is 48.5 Å². The predicted octanol–water partition coefficient (Wildman–Crippen LogP) is 4.40. The molecule has 8 nitrogen and oxygen atoms in total. The molecule has 3 aromatic carbocycles. The van der Waals surface area contributed by atoms with Gasteiger partial charge in [0, 0.05) is 23.5 Å². The van der Waals surface area contributed by atoms with Crippen LogP contribution in [-0.2, 0) is 4.79 Å². The molecule has 0 unspecified atom stereocenters. The van der Waals surface area contributed by atoms with Gasteiger partial charge in [-0.2, -0.15) is 5.26 Å². The summed E-state index contributed by atoms with van der Waals surface area (Å²) in [6, 6.07) is 18.2. The van der Waals surface area contributed by atoms with Crippen LogP contribution < -0.4 is 16.0 Å². The number of hydrogen-bond donors (Lipinski definition) is 3. The molecular weight excluding hydrogens is 389 g/mol. The quantitative estimate of drug-likeness (QED) is 0.396. The fraction of sp³-hybridized carbons (Fsp3) is 0.0476. The van der Waals surface area contributed by atoms with Gasteiger partial charge in [0.05, 0.1) is 34.5 Å². The summed E-state index contributed by atoms with van der Waals surface area (Å²) < 4.78 is 13.1. The first kappa shape index (κ1) is 20.3. The van der Waals surface area contributed by atoms with E-state index in [-0.39, 0.29) is 18.0 Å². The Morgan fingerprint density at radius 3 is 2.50 bits per heavy atom. The molecule has 3 aromatic rings. The molecule has 0 aromatic heterocycles. The third-order valence-electron chi connectivity index (χ3n) is 4.05. The minimum Gasteiger partial charge on any atom is -0.374 e. The number of nitro benzene ring substituents is 1. The zero-order valence-electron chi connectivity index (χ0n) is 15.6. The Labute approximate surface area is 171 Å². The Balaban J connectivity index is 1.74. The number of amides is 1. The van der Waals surface area contributed by atoms with Gasteiger partial charge in [-0.15, -0.1) is 0 Å². The van der Waals surface area contributed by atoms with E-state index < -0.39 is 10.8 Å². The average Bonchev–Trinajstić information content (AvgIpc) is 2.74. The van der Waals surface area contributed by atoms with Crippen molar-refractivity contribution in [2.45, 2.75) is 0 Å². The van der Waals surface area contributed by atoms with Gasteiger partial charge in [0.15, 0.2) is 0 Å². The summed E-state index contributed by atoms with van der Waals surface area (Å²) in [5.41, 5.74) is 2.10. The topological polar surface area (TPSA) is 120 Å². The summed E-state index contributed by atoms with van der Waals surface area (Å²) in [5.74, 6) is -0.788. The van der Waals surface area contributed by atoms with Crippen molar-refractivity contribution in [1.29, 1.82) is 5.26 Å². The summed E-state index contributed by atoms with van der Waals surface area (Å²) in [6.45, 7) is -0.171. The summed E-state index contributed by atoms with van der Waals surface area (Å²) >= 11 is 0. The van der Waals surface area contributed by atoms with Crippen molar-refractivity contribution >= 4 is 34.3 Å². The molecule has 0 saturated heterocycles. The number of nitriles is 1. The Kier molecular flexibility index (Phi) is 6.20. The molecule has 0 fully saturated rings. The van der Waals surface area contributed by atoms with Gasteiger partial charge in [0.25, 0.3) is 5.69 Å². The number of rotatable bonds is 7. The summed E-state index contributed by atoms with van der Waals surface area (Å²) in [6.07, 6.45) is 0. The van der Waals surface area contributed by atoms with E-state index in [2.05, 4.69) is 16.0 Å². The first-order valence-corrected chi connectivity index (χ1v) is 8.79. The molecule has 0 bridgehead atoms. The van der Waals surface area contributed by atoms with Crippen LogP contribution in [0.15, 0.2) is 66.7 Å². The number of benzene rings is 3. The van der Waals surface area contributed by atoms with Crippen LogP contribution in [0.2, 0.25) is 0 Å². The summed E-state index contributed by atoms with van der Waals surface area (Å²) in [7, 11) is 0. The lowest BCUT2D eigenvalue weighted by atomic mass is 10.2. The zero-order valence-corrected chi connectivity index (χ0v) is 15.6. The standard InChI is InChI=1S/C21H16FN5O3/c22-15-4-6-16(7-5-15)25-19-9-8-18(27(29)30)11-20(19)24-13-21(28)26-17-3-1-2-14(10-17)12-23/h1-11,24-25H,13H2,(H,26,28). The van der Waals surface area contributed by atoms with Crippen LogP contribution in [0.5, 0.6) is 0 Å². The van der Waals surface area contributed by atoms with Crippen molar-refractivity contribution in [3.8, 4) is 6.07 Å². The fourth-order valence-electron chi connectivity index (χ4n) is 2.64. The number of nitrogens with one attached hydrogen (secondary N) is 3. The second-order valence-corrected chi connectivity index (χ2v) is 6.21. The van der Waals surface area contributed by atoms with E-state index in [0.29, 0.717) is 28.3 Å². The minimum absolute atomic E-state index is 0.149. The van der Waals surface area contributed by atoms with Gasteiger partial charge >= 0.3 is 0 Å². The van der Waals surface area contributed by atoms with E-state index in [9.17, 15) is 19.3 Å². The number of non-ortho nitro benzene ring substituents is 1. The lowest BCUT2D eigenvalue weighted by Crippen LogP contribution is -2.22. The second kappa shape index (κ2) is 9.16. The highest BCUT2D eigenvalue weighted by molar-refractivity contribution is 5.94. The van der Waals surface area contributed by atoms with Crippen LogP contribution in [0.4, 0.5) is 32.8 Å². The number of nitro groups is 1. The molecule has 0 atom stereocenters. The van der Waals surface area contributed by atoms with Crippen molar-refractivity contribution < 1.29 is 14.1 Å². The van der Waals surface area contributed by atoms with Crippen molar-refractivity contribution in [1.82, 2.24) is 0 Å². The van der Waals surface area contributed by atoms with E-state index >= 15 is 0 Å². The van der Waals surface area contributed by atoms with Crippen molar-refractivity contribution in [2.24, 2.45) is 0 Å². The molecule has 3 rings (SSSR count). The fourth-order valence-corrected chi connectivity index (χ4v) is 2.64. The van der Waals surface area contributed by atoms with E-state index in [0.717, 1.165) is 0 Å². The Morgan fingerprint density at radius 2 is 1.80 bits per heavy atom. The minimum atomic E-state index is -0.541. The van der Waals surface area contributed by atoms with Gasteiger partial charge in [-0.05, 0) is 48.5 Å². The molecule has 9 heteroatoms. The molecule has 0 aliphatic rings. The normalized spacial score (nSPS) is 10.0. The van der Waals surface area contributed by atoms with Gasteiger partial charge < -0.3 is 16.0 Å². The van der Waals surface area contributed by atoms with Crippen molar-refractivity contribution in [3.05, 3.63) is 88.2 Å². The number of nitrogens with zero attached hydrogens (tertiary/aromatic N) is 2. The van der Waals surface area contributed by atoms with Crippen LogP contribution in [0.1, 0.15) is 5.56 Å². The second-order valence-electron chi connectivity index (χ2n) is 6.21. The molecule has 0 saturated carbocycles. The maximum absolute atomic E-state index is 13.1. The van der Waals surface area contributed by atoms with Gasteiger partial charge in [-0.3, -0.25) is 14.9 Å². The number of hydrogen-bond acceptors (Lipinski definition) is 6. The van der Waals surface area contributed by atoms with Gasteiger partial charge in [-0.1, -0.05) is 6.07 Å². The molecule has 0 radical (unpaired) electrons. The third kappa shape index (κ3) is 5.30. The zero-order chi connectivity index (χ0) is 21.5. The monoisotopic (exact) mass is 405 g/mol. The highest BCUT2D eigenvalue weighted by atomic mass is 19.1. The highest BCUT2D eigenvalue weighted by Crippen LogP contribution is 2.29. The van der Waals surface area contributed by atoms with Gasteiger partial charge in [0.1, 0.15) is 5.82 Å². The van der Waals surface area contributed by atoms with Crippen LogP contribution in [0.3, 0.4) is 0 Å². The molecular formula is C21H16FN5O3. The van der Waals surface area contributed by atoms with E-state index in [1.807, 2.05) is 6.07 Å². The summed E-state index contributed by atoms with van der Waals surface area (Å²) in [4.78, 5) is 22.8. The summed E-state index contributed by atoms with van der Waals surface area (Å²) in [5, 5.41) is 28.6. The smallest absolute Gasteiger partial charge is 0.271 e.